The van der Waals surface area contributed by atoms with Crippen LogP contribution in [-0.4, -0.2) is 16.9 Å². The Hall–Kier alpha value is -2.28. The standard InChI is InChI=1S/C16H19N3O/c1-11(2)14-10-13(7-8-17)18-19(14)15-9-12(3)5-6-16(15)20-4/h5-6,9-11H,7H2,1-4H3. The Morgan fingerprint density at radius 2 is 2.10 bits per heavy atom. The van der Waals surface area contributed by atoms with Crippen molar-refractivity contribution in [2.24, 2.45) is 0 Å². The van der Waals surface area contributed by atoms with Gasteiger partial charge >= 0.3 is 0 Å². The second-order valence-electron chi connectivity index (χ2n) is 5.14. The molecule has 0 unspecified atom stereocenters. The van der Waals surface area contributed by atoms with E-state index in [4.69, 9.17) is 10.00 Å². The third-order valence-electron chi connectivity index (χ3n) is 3.20. The predicted molar refractivity (Wildman–Crippen MR) is 78.3 cm³/mol. The second-order valence-corrected chi connectivity index (χ2v) is 5.14. The second kappa shape index (κ2) is 5.79. The first-order valence-electron chi connectivity index (χ1n) is 6.67. The van der Waals surface area contributed by atoms with Gasteiger partial charge in [-0.05, 0) is 36.6 Å². The Morgan fingerprint density at radius 3 is 2.70 bits per heavy atom. The summed E-state index contributed by atoms with van der Waals surface area (Å²) in [5.41, 5.74) is 3.94. The number of aryl methyl sites for hydroxylation is 1. The van der Waals surface area contributed by atoms with Gasteiger partial charge in [-0.3, -0.25) is 0 Å². The molecule has 0 saturated heterocycles. The van der Waals surface area contributed by atoms with E-state index in [2.05, 4.69) is 25.0 Å². The average Bonchev–Trinajstić information content (AvgIpc) is 2.83. The van der Waals surface area contributed by atoms with E-state index in [1.165, 1.54) is 0 Å². The summed E-state index contributed by atoms with van der Waals surface area (Å²) < 4.78 is 7.32. The molecule has 0 radical (unpaired) electrons. The van der Waals surface area contributed by atoms with Crippen LogP contribution in [0.4, 0.5) is 0 Å². The van der Waals surface area contributed by atoms with Crippen LogP contribution in [0.2, 0.25) is 0 Å². The summed E-state index contributed by atoms with van der Waals surface area (Å²) in [5, 5.41) is 13.4. The lowest BCUT2D eigenvalue weighted by Crippen LogP contribution is -2.06. The van der Waals surface area contributed by atoms with Gasteiger partial charge < -0.3 is 4.74 Å². The quantitative estimate of drug-likeness (QED) is 0.855. The number of rotatable bonds is 4. The van der Waals surface area contributed by atoms with Crippen LogP contribution < -0.4 is 4.74 Å². The summed E-state index contributed by atoms with van der Waals surface area (Å²) in [6.45, 7) is 6.27. The lowest BCUT2D eigenvalue weighted by Gasteiger charge is -2.14. The number of aromatic nitrogens is 2. The molecule has 0 spiro atoms. The van der Waals surface area contributed by atoms with Gasteiger partial charge in [0.15, 0.2) is 0 Å². The molecule has 0 N–H and O–H groups in total. The van der Waals surface area contributed by atoms with Crippen molar-refractivity contribution in [3.8, 4) is 17.5 Å². The number of nitriles is 1. The summed E-state index contributed by atoms with van der Waals surface area (Å²) in [5.74, 6) is 1.10. The van der Waals surface area contributed by atoms with E-state index in [-0.39, 0.29) is 0 Å². The number of methoxy groups -OCH3 is 1. The first-order valence-corrected chi connectivity index (χ1v) is 6.67. The largest absolute Gasteiger partial charge is 0.494 e. The summed E-state index contributed by atoms with van der Waals surface area (Å²) in [7, 11) is 1.66. The van der Waals surface area contributed by atoms with Crippen molar-refractivity contribution in [3.05, 3.63) is 41.2 Å². The van der Waals surface area contributed by atoms with E-state index in [9.17, 15) is 0 Å². The molecule has 2 aromatic rings. The number of ether oxygens (including phenoxy) is 1. The number of benzene rings is 1. The fourth-order valence-electron chi connectivity index (χ4n) is 2.18. The number of hydrogen-bond donors (Lipinski definition) is 0. The van der Waals surface area contributed by atoms with Crippen molar-refractivity contribution >= 4 is 0 Å². The topological polar surface area (TPSA) is 50.8 Å². The molecule has 104 valence electrons. The van der Waals surface area contributed by atoms with Crippen LogP contribution in [0.1, 0.15) is 36.7 Å². The molecule has 0 aliphatic carbocycles. The lowest BCUT2D eigenvalue weighted by atomic mass is 10.1. The van der Waals surface area contributed by atoms with Crippen LogP contribution in [0, 0.1) is 18.3 Å². The highest BCUT2D eigenvalue weighted by molar-refractivity contribution is 5.49. The maximum atomic E-state index is 8.85. The third-order valence-corrected chi connectivity index (χ3v) is 3.20. The Morgan fingerprint density at radius 1 is 1.35 bits per heavy atom. The van der Waals surface area contributed by atoms with Gasteiger partial charge in [0.25, 0.3) is 0 Å². The van der Waals surface area contributed by atoms with Crippen LogP contribution in [0.5, 0.6) is 5.75 Å². The van der Waals surface area contributed by atoms with Crippen molar-refractivity contribution in [1.82, 2.24) is 9.78 Å². The smallest absolute Gasteiger partial charge is 0.144 e. The lowest BCUT2D eigenvalue weighted by molar-refractivity contribution is 0.411. The Labute approximate surface area is 119 Å². The fraction of sp³-hybridized carbons (Fsp3) is 0.375. The van der Waals surface area contributed by atoms with Gasteiger partial charge in [0.1, 0.15) is 11.4 Å². The zero-order chi connectivity index (χ0) is 14.7. The van der Waals surface area contributed by atoms with Gasteiger partial charge in [-0.2, -0.15) is 10.4 Å². The zero-order valence-corrected chi connectivity index (χ0v) is 12.3. The van der Waals surface area contributed by atoms with Crippen molar-refractivity contribution in [1.29, 1.82) is 5.26 Å². The maximum Gasteiger partial charge on any atom is 0.144 e. The normalized spacial score (nSPS) is 10.6. The molecule has 0 saturated carbocycles. The summed E-state index contributed by atoms with van der Waals surface area (Å²) in [6, 6.07) is 10.1. The van der Waals surface area contributed by atoms with Gasteiger partial charge in [0.2, 0.25) is 0 Å². The van der Waals surface area contributed by atoms with E-state index in [1.807, 2.05) is 35.9 Å². The van der Waals surface area contributed by atoms with Crippen LogP contribution in [-0.2, 0) is 6.42 Å². The monoisotopic (exact) mass is 269 g/mol. The van der Waals surface area contributed by atoms with Crippen LogP contribution >= 0.6 is 0 Å². The molecule has 0 aliphatic heterocycles. The molecule has 1 aromatic carbocycles. The average molecular weight is 269 g/mol. The summed E-state index contributed by atoms with van der Waals surface area (Å²) in [4.78, 5) is 0. The minimum atomic E-state index is 0.320. The molecule has 0 amide bonds. The first kappa shape index (κ1) is 14.1. The van der Waals surface area contributed by atoms with E-state index in [0.717, 1.165) is 28.4 Å². The molecule has 4 heteroatoms. The van der Waals surface area contributed by atoms with Crippen LogP contribution in [0.3, 0.4) is 0 Å². The molecular weight excluding hydrogens is 250 g/mol. The van der Waals surface area contributed by atoms with Gasteiger partial charge in [0, 0.05) is 5.69 Å². The van der Waals surface area contributed by atoms with Gasteiger partial charge in [-0.25, -0.2) is 4.68 Å². The molecular formula is C16H19N3O. The first-order chi connectivity index (χ1) is 9.56. The molecule has 0 fully saturated rings. The molecule has 2 rings (SSSR count). The molecule has 0 aliphatic rings. The van der Waals surface area contributed by atoms with Gasteiger partial charge in [-0.1, -0.05) is 19.9 Å². The van der Waals surface area contributed by atoms with Crippen LogP contribution in [0.15, 0.2) is 24.3 Å². The Kier molecular flexibility index (Phi) is 4.09. The van der Waals surface area contributed by atoms with Crippen molar-refractivity contribution in [3.63, 3.8) is 0 Å². The molecule has 0 bridgehead atoms. The van der Waals surface area contributed by atoms with Crippen molar-refractivity contribution in [2.75, 3.05) is 7.11 Å². The van der Waals surface area contributed by atoms with E-state index < -0.39 is 0 Å². The maximum absolute atomic E-state index is 8.85. The molecule has 0 atom stereocenters. The molecule has 4 nitrogen and oxygen atoms in total. The predicted octanol–water partition coefficient (Wildman–Crippen LogP) is 3.38. The highest BCUT2D eigenvalue weighted by atomic mass is 16.5. The van der Waals surface area contributed by atoms with E-state index in [0.29, 0.717) is 12.3 Å². The molecule has 1 heterocycles. The van der Waals surface area contributed by atoms with Gasteiger partial charge in [-0.15, -0.1) is 0 Å². The summed E-state index contributed by atoms with van der Waals surface area (Å²) in [6.07, 6.45) is 0.320. The number of nitrogens with zero attached hydrogens (tertiary/aromatic N) is 3. The van der Waals surface area contributed by atoms with Gasteiger partial charge in [0.05, 0.1) is 25.3 Å². The number of hydrogen-bond acceptors (Lipinski definition) is 3. The van der Waals surface area contributed by atoms with Crippen molar-refractivity contribution in [2.45, 2.75) is 33.1 Å². The fourth-order valence-corrected chi connectivity index (χ4v) is 2.18. The SMILES string of the molecule is COc1ccc(C)cc1-n1nc(CC#N)cc1C(C)C. The Bertz CT molecular complexity index is 650. The zero-order valence-electron chi connectivity index (χ0n) is 12.3. The highest BCUT2D eigenvalue weighted by Crippen LogP contribution is 2.28. The Balaban J connectivity index is 2.62. The van der Waals surface area contributed by atoms with E-state index in [1.54, 1.807) is 7.11 Å². The summed E-state index contributed by atoms with van der Waals surface area (Å²) >= 11 is 0. The van der Waals surface area contributed by atoms with Crippen molar-refractivity contribution < 1.29 is 4.74 Å². The van der Waals surface area contributed by atoms with Crippen LogP contribution in [0.25, 0.3) is 5.69 Å². The van der Waals surface area contributed by atoms with E-state index >= 15 is 0 Å². The molecule has 20 heavy (non-hydrogen) atoms. The third kappa shape index (κ3) is 2.67. The minimum absolute atomic E-state index is 0.320. The highest BCUT2D eigenvalue weighted by Gasteiger charge is 2.15. The minimum Gasteiger partial charge on any atom is -0.494 e. The molecule has 1 aromatic heterocycles.